The Labute approximate surface area is 145 Å². The van der Waals surface area contributed by atoms with Crippen molar-refractivity contribution in [3.05, 3.63) is 76.7 Å². The van der Waals surface area contributed by atoms with Crippen LogP contribution in [0.2, 0.25) is 0 Å². The molecule has 0 N–H and O–H groups in total. The van der Waals surface area contributed by atoms with Gasteiger partial charge in [0, 0.05) is 5.56 Å². The highest BCUT2D eigenvalue weighted by Gasteiger charge is 2.13. The summed E-state index contributed by atoms with van der Waals surface area (Å²) in [4.78, 5) is 12.3. The van der Waals surface area contributed by atoms with Gasteiger partial charge in [-0.25, -0.2) is 0 Å². The maximum absolute atomic E-state index is 12.3. The van der Waals surface area contributed by atoms with Gasteiger partial charge in [-0.05, 0) is 25.0 Å². The van der Waals surface area contributed by atoms with Crippen LogP contribution in [0.3, 0.4) is 0 Å². The van der Waals surface area contributed by atoms with E-state index in [-0.39, 0.29) is 11.5 Å². The number of hydrogen-bond acceptors (Lipinski definition) is 5. The first-order chi connectivity index (χ1) is 11.6. The Morgan fingerprint density at radius 2 is 1.88 bits per heavy atom. The second kappa shape index (κ2) is 7.45. The van der Waals surface area contributed by atoms with Gasteiger partial charge >= 0.3 is 0 Å². The van der Waals surface area contributed by atoms with E-state index in [1.165, 1.54) is 11.8 Å². The molecule has 2 aromatic carbocycles. The van der Waals surface area contributed by atoms with Crippen LogP contribution in [-0.2, 0) is 6.42 Å². The van der Waals surface area contributed by atoms with Crippen LogP contribution in [0, 0.1) is 13.8 Å². The fourth-order valence-corrected chi connectivity index (χ4v) is 3.13. The third-order valence-electron chi connectivity index (χ3n) is 3.66. The Balaban J connectivity index is 1.60. The minimum absolute atomic E-state index is 0.0697. The molecule has 0 aliphatic rings. The van der Waals surface area contributed by atoms with Crippen molar-refractivity contribution in [2.75, 3.05) is 5.75 Å². The van der Waals surface area contributed by atoms with Crippen molar-refractivity contribution in [3.8, 4) is 0 Å². The lowest BCUT2D eigenvalue weighted by atomic mass is 10.0. The fraction of sp³-hybridized carbons (Fsp3) is 0.211. The summed E-state index contributed by atoms with van der Waals surface area (Å²) in [5.74, 6) is 0.916. The number of benzene rings is 2. The van der Waals surface area contributed by atoms with Gasteiger partial charge in [0.2, 0.25) is 5.89 Å². The van der Waals surface area contributed by atoms with Crippen LogP contribution in [-0.4, -0.2) is 21.7 Å². The number of carbonyl (C=O) groups excluding carboxylic acids is 1. The highest BCUT2D eigenvalue weighted by Crippen LogP contribution is 2.20. The van der Waals surface area contributed by atoms with Crippen LogP contribution in [0.1, 0.15) is 32.9 Å². The molecular weight excluding hydrogens is 320 g/mol. The topological polar surface area (TPSA) is 56.0 Å². The normalized spacial score (nSPS) is 10.8. The van der Waals surface area contributed by atoms with Crippen molar-refractivity contribution in [2.24, 2.45) is 0 Å². The van der Waals surface area contributed by atoms with Crippen LogP contribution in [0.5, 0.6) is 0 Å². The number of Topliss-reactive ketones (excluding diaryl/α,β-unsaturated/α-hetero) is 1. The third kappa shape index (κ3) is 4.11. The van der Waals surface area contributed by atoms with Gasteiger partial charge < -0.3 is 4.42 Å². The molecule has 0 saturated heterocycles. The van der Waals surface area contributed by atoms with E-state index in [1.54, 1.807) is 0 Å². The van der Waals surface area contributed by atoms with Crippen molar-refractivity contribution in [2.45, 2.75) is 25.5 Å². The number of ketones is 1. The highest BCUT2D eigenvalue weighted by atomic mass is 32.2. The van der Waals surface area contributed by atoms with Crippen molar-refractivity contribution in [1.29, 1.82) is 0 Å². The van der Waals surface area contributed by atoms with E-state index in [9.17, 15) is 4.79 Å². The number of carbonyl (C=O) groups is 1. The highest BCUT2D eigenvalue weighted by molar-refractivity contribution is 7.99. The zero-order valence-corrected chi connectivity index (χ0v) is 14.5. The molecule has 4 nitrogen and oxygen atoms in total. The van der Waals surface area contributed by atoms with E-state index < -0.39 is 0 Å². The van der Waals surface area contributed by atoms with Gasteiger partial charge in [-0.1, -0.05) is 65.9 Å². The predicted molar refractivity (Wildman–Crippen MR) is 94.5 cm³/mol. The van der Waals surface area contributed by atoms with Gasteiger partial charge in [0.15, 0.2) is 5.78 Å². The van der Waals surface area contributed by atoms with E-state index in [0.29, 0.717) is 17.5 Å². The number of aryl methyl sites for hydroxylation is 2. The van der Waals surface area contributed by atoms with E-state index in [4.69, 9.17) is 4.42 Å². The predicted octanol–water partition coefficient (Wildman–Crippen LogP) is 4.25. The maximum Gasteiger partial charge on any atom is 0.277 e. The molecule has 0 atom stereocenters. The number of rotatable bonds is 6. The van der Waals surface area contributed by atoms with E-state index in [2.05, 4.69) is 10.2 Å². The first-order valence-electron chi connectivity index (χ1n) is 7.71. The van der Waals surface area contributed by atoms with Gasteiger partial charge in [-0.15, -0.1) is 10.2 Å². The van der Waals surface area contributed by atoms with Crippen molar-refractivity contribution < 1.29 is 9.21 Å². The quantitative estimate of drug-likeness (QED) is 0.497. The molecule has 0 aliphatic heterocycles. The molecule has 0 bridgehead atoms. The van der Waals surface area contributed by atoms with E-state index in [0.717, 1.165) is 22.3 Å². The lowest BCUT2D eigenvalue weighted by Gasteiger charge is -2.04. The van der Waals surface area contributed by atoms with Gasteiger partial charge in [-0.2, -0.15) is 0 Å². The smallest absolute Gasteiger partial charge is 0.277 e. The molecule has 122 valence electrons. The zero-order valence-electron chi connectivity index (χ0n) is 13.7. The summed E-state index contributed by atoms with van der Waals surface area (Å²) in [6, 6.07) is 15.8. The molecule has 1 heterocycles. The molecule has 24 heavy (non-hydrogen) atoms. The molecule has 0 spiro atoms. The van der Waals surface area contributed by atoms with E-state index >= 15 is 0 Å². The van der Waals surface area contributed by atoms with Gasteiger partial charge in [-0.3, -0.25) is 4.79 Å². The third-order valence-corrected chi connectivity index (χ3v) is 4.47. The number of thioether (sulfide) groups is 1. The van der Waals surface area contributed by atoms with Crippen molar-refractivity contribution >= 4 is 17.5 Å². The van der Waals surface area contributed by atoms with Crippen molar-refractivity contribution in [3.63, 3.8) is 0 Å². The molecule has 0 amide bonds. The summed E-state index contributed by atoms with van der Waals surface area (Å²) in [7, 11) is 0. The first kappa shape index (κ1) is 16.5. The lowest BCUT2D eigenvalue weighted by Crippen LogP contribution is -2.04. The Bertz CT molecular complexity index is 844. The number of hydrogen-bond donors (Lipinski definition) is 0. The standard InChI is InChI=1S/C19H18N2O2S/c1-13-8-9-16(14(2)10-13)17(22)12-24-19-21-20-18(23-19)11-15-6-4-3-5-7-15/h3-10H,11-12H2,1-2H3. The van der Waals surface area contributed by atoms with Gasteiger partial charge in [0.25, 0.3) is 5.22 Å². The molecule has 0 radical (unpaired) electrons. The fourth-order valence-electron chi connectivity index (χ4n) is 2.47. The molecular formula is C19H18N2O2S. The number of nitrogens with zero attached hydrogens (tertiary/aromatic N) is 2. The largest absolute Gasteiger partial charge is 0.416 e. The van der Waals surface area contributed by atoms with Crippen LogP contribution < -0.4 is 0 Å². The minimum Gasteiger partial charge on any atom is -0.416 e. The minimum atomic E-state index is 0.0697. The van der Waals surface area contributed by atoms with Gasteiger partial charge in [0.1, 0.15) is 0 Å². The monoisotopic (exact) mass is 338 g/mol. The Kier molecular flexibility index (Phi) is 5.11. The number of aromatic nitrogens is 2. The molecule has 0 unspecified atom stereocenters. The average molecular weight is 338 g/mol. The second-order valence-corrected chi connectivity index (χ2v) is 6.58. The first-order valence-corrected chi connectivity index (χ1v) is 8.70. The van der Waals surface area contributed by atoms with Crippen LogP contribution in [0.25, 0.3) is 0 Å². The SMILES string of the molecule is Cc1ccc(C(=O)CSc2nnc(Cc3ccccc3)o2)c(C)c1. The summed E-state index contributed by atoms with van der Waals surface area (Å²) in [5.41, 5.74) is 4.01. The van der Waals surface area contributed by atoms with Gasteiger partial charge in [0.05, 0.1) is 12.2 Å². The summed E-state index contributed by atoms with van der Waals surface area (Å²) >= 11 is 1.28. The average Bonchev–Trinajstić information content (AvgIpc) is 3.01. The second-order valence-electron chi connectivity index (χ2n) is 5.65. The molecule has 0 saturated carbocycles. The molecule has 0 fully saturated rings. The lowest BCUT2D eigenvalue weighted by molar-refractivity contribution is 0.102. The maximum atomic E-state index is 12.3. The molecule has 5 heteroatoms. The van der Waals surface area contributed by atoms with Crippen LogP contribution in [0.4, 0.5) is 0 Å². The summed E-state index contributed by atoms with van der Waals surface area (Å²) < 4.78 is 5.61. The molecule has 3 aromatic rings. The molecule has 1 aromatic heterocycles. The summed E-state index contributed by atoms with van der Waals surface area (Å²) in [6.45, 7) is 3.97. The summed E-state index contributed by atoms with van der Waals surface area (Å²) in [5, 5.41) is 8.48. The zero-order chi connectivity index (χ0) is 16.9. The van der Waals surface area contributed by atoms with Crippen molar-refractivity contribution in [1.82, 2.24) is 10.2 Å². The summed E-state index contributed by atoms with van der Waals surface area (Å²) in [6.07, 6.45) is 0.597. The van der Waals surface area contributed by atoms with E-state index in [1.807, 2.05) is 62.4 Å². The Morgan fingerprint density at radius 1 is 1.08 bits per heavy atom. The van der Waals surface area contributed by atoms with Crippen LogP contribution in [0.15, 0.2) is 58.2 Å². The Morgan fingerprint density at radius 3 is 2.62 bits per heavy atom. The molecule has 3 rings (SSSR count). The van der Waals surface area contributed by atoms with Crippen LogP contribution >= 0.6 is 11.8 Å². The Hall–Kier alpha value is -2.40. The molecule has 0 aliphatic carbocycles.